The van der Waals surface area contributed by atoms with Gasteiger partial charge in [0.1, 0.15) is 5.75 Å². The molecule has 3 rings (SSSR count). The van der Waals surface area contributed by atoms with E-state index in [2.05, 4.69) is 32.0 Å². The van der Waals surface area contributed by atoms with E-state index < -0.39 is 0 Å². The SMILES string of the molecule is COc1ccc2c(c1)CCCN2C(=O)CSc1ccc(C)cc1C. The summed E-state index contributed by atoms with van der Waals surface area (Å²) in [5.74, 6) is 1.49. The Morgan fingerprint density at radius 3 is 2.79 bits per heavy atom. The minimum atomic E-state index is 0.172. The lowest BCUT2D eigenvalue weighted by atomic mass is 10.0. The number of rotatable bonds is 4. The second kappa shape index (κ2) is 7.31. The molecule has 0 aliphatic carbocycles. The number of carbonyl (C=O) groups excluding carboxylic acids is 1. The summed E-state index contributed by atoms with van der Waals surface area (Å²) in [4.78, 5) is 15.8. The number of thioether (sulfide) groups is 1. The summed E-state index contributed by atoms with van der Waals surface area (Å²) < 4.78 is 5.30. The fourth-order valence-corrected chi connectivity index (χ4v) is 4.02. The maximum absolute atomic E-state index is 12.7. The van der Waals surface area contributed by atoms with E-state index >= 15 is 0 Å². The number of hydrogen-bond acceptors (Lipinski definition) is 3. The smallest absolute Gasteiger partial charge is 0.237 e. The monoisotopic (exact) mass is 341 g/mol. The standard InChI is InChI=1S/C20H23NO2S/c1-14-6-9-19(15(2)11-14)24-13-20(22)21-10-4-5-16-12-17(23-3)7-8-18(16)21/h6-9,11-12H,4-5,10,13H2,1-3H3. The van der Waals surface area contributed by atoms with Gasteiger partial charge < -0.3 is 9.64 Å². The molecule has 4 heteroatoms. The Morgan fingerprint density at radius 1 is 1.21 bits per heavy atom. The van der Waals surface area contributed by atoms with Crippen molar-refractivity contribution in [3.05, 3.63) is 53.1 Å². The Bertz CT molecular complexity index is 757. The molecule has 1 amide bonds. The zero-order chi connectivity index (χ0) is 17.1. The highest BCUT2D eigenvalue weighted by Gasteiger charge is 2.23. The fourth-order valence-electron chi connectivity index (χ4n) is 3.14. The van der Waals surface area contributed by atoms with Gasteiger partial charge in [-0.05, 0) is 62.1 Å². The molecule has 1 aliphatic heterocycles. The molecule has 2 aromatic rings. The Kier molecular flexibility index (Phi) is 5.14. The van der Waals surface area contributed by atoms with Crippen LogP contribution in [0.4, 0.5) is 5.69 Å². The average molecular weight is 341 g/mol. The molecule has 1 aliphatic rings. The molecule has 0 fully saturated rings. The fraction of sp³-hybridized carbons (Fsp3) is 0.350. The van der Waals surface area contributed by atoms with E-state index in [1.807, 2.05) is 23.1 Å². The Morgan fingerprint density at radius 2 is 2.04 bits per heavy atom. The van der Waals surface area contributed by atoms with Gasteiger partial charge in [-0.1, -0.05) is 17.7 Å². The average Bonchev–Trinajstić information content (AvgIpc) is 2.59. The number of hydrogen-bond donors (Lipinski definition) is 0. The minimum Gasteiger partial charge on any atom is -0.497 e. The molecule has 24 heavy (non-hydrogen) atoms. The van der Waals surface area contributed by atoms with Crippen molar-refractivity contribution in [2.24, 2.45) is 0 Å². The molecule has 0 bridgehead atoms. The van der Waals surface area contributed by atoms with Crippen molar-refractivity contribution in [2.45, 2.75) is 31.6 Å². The number of amides is 1. The summed E-state index contributed by atoms with van der Waals surface area (Å²) in [5.41, 5.74) is 4.72. The molecule has 0 aromatic heterocycles. The summed E-state index contributed by atoms with van der Waals surface area (Å²) >= 11 is 1.62. The van der Waals surface area contributed by atoms with Gasteiger partial charge in [-0.15, -0.1) is 11.8 Å². The molecular formula is C20H23NO2S. The number of carbonyl (C=O) groups is 1. The Labute approximate surface area is 148 Å². The molecular weight excluding hydrogens is 318 g/mol. The van der Waals surface area contributed by atoms with Gasteiger partial charge in [0.2, 0.25) is 5.91 Å². The van der Waals surface area contributed by atoms with Crippen LogP contribution >= 0.6 is 11.8 Å². The van der Waals surface area contributed by atoms with Gasteiger partial charge in [0.25, 0.3) is 0 Å². The number of nitrogens with zero attached hydrogens (tertiary/aromatic N) is 1. The third-order valence-electron chi connectivity index (χ3n) is 4.39. The van der Waals surface area contributed by atoms with Crippen LogP contribution in [-0.2, 0) is 11.2 Å². The van der Waals surface area contributed by atoms with Gasteiger partial charge in [0.05, 0.1) is 12.9 Å². The number of ether oxygens (including phenoxy) is 1. The van der Waals surface area contributed by atoms with Crippen LogP contribution in [0, 0.1) is 13.8 Å². The lowest BCUT2D eigenvalue weighted by Crippen LogP contribution is -2.36. The first-order valence-electron chi connectivity index (χ1n) is 8.26. The molecule has 0 N–H and O–H groups in total. The predicted octanol–water partition coefficient (Wildman–Crippen LogP) is 4.38. The first-order chi connectivity index (χ1) is 11.6. The molecule has 0 saturated carbocycles. The number of benzene rings is 2. The van der Waals surface area contributed by atoms with Crippen LogP contribution in [0.1, 0.15) is 23.1 Å². The lowest BCUT2D eigenvalue weighted by molar-refractivity contribution is -0.116. The summed E-state index contributed by atoms with van der Waals surface area (Å²) in [7, 11) is 1.67. The third kappa shape index (κ3) is 3.59. The van der Waals surface area contributed by atoms with Crippen molar-refractivity contribution in [1.82, 2.24) is 0 Å². The topological polar surface area (TPSA) is 29.5 Å². The molecule has 2 aromatic carbocycles. The predicted molar refractivity (Wildman–Crippen MR) is 100 cm³/mol. The quantitative estimate of drug-likeness (QED) is 0.773. The summed E-state index contributed by atoms with van der Waals surface area (Å²) in [6.07, 6.45) is 2.00. The molecule has 0 unspecified atom stereocenters. The molecule has 0 saturated heterocycles. The van der Waals surface area contributed by atoms with Crippen molar-refractivity contribution >= 4 is 23.4 Å². The molecule has 0 radical (unpaired) electrons. The van der Waals surface area contributed by atoms with E-state index in [4.69, 9.17) is 4.74 Å². The van der Waals surface area contributed by atoms with E-state index in [0.29, 0.717) is 5.75 Å². The summed E-state index contributed by atoms with van der Waals surface area (Å²) in [5, 5.41) is 0. The van der Waals surface area contributed by atoms with Gasteiger partial charge in [-0.25, -0.2) is 0 Å². The molecule has 1 heterocycles. The van der Waals surface area contributed by atoms with Crippen LogP contribution < -0.4 is 9.64 Å². The van der Waals surface area contributed by atoms with E-state index in [1.54, 1.807) is 18.9 Å². The van der Waals surface area contributed by atoms with Crippen LogP contribution in [-0.4, -0.2) is 25.3 Å². The van der Waals surface area contributed by atoms with Crippen LogP contribution in [0.2, 0.25) is 0 Å². The number of fused-ring (bicyclic) bond motifs is 1. The highest BCUT2D eigenvalue weighted by Crippen LogP contribution is 2.32. The van der Waals surface area contributed by atoms with Crippen molar-refractivity contribution in [3.8, 4) is 5.75 Å². The molecule has 0 spiro atoms. The van der Waals surface area contributed by atoms with Crippen LogP contribution in [0.25, 0.3) is 0 Å². The lowest BCUT2D eigenvalue weighted by Gasteiger charge is -2.29. The molecule has 126 valence electrons. The van der Waals surface area contributed by atoms with Crippen LogP contribution in [0.5, 0.6) is 5.75 Å². The minimum absolute atomic E-state index is 0.172. The molecule has 3 nitrogen and oxygen atoms in total. The van der Waals surface area contributed by atoms with Gasteiger partial charge >= 0.3 is 0 Å². The number of aryl methyl sites for hydroxylation is 3. The van der Waals surface area contributed by atoms with Crippen molar-refractivity contribution in [3.63, 3.8) is 0 Å². The van der Waals surface area contributed by atoms with Crippen molar-refractivity contribution in [1.29, 1.82) is 0 Å². The normalized spacial score (nSPS) is 13.5. The highest BCUT2D eigenvalue weighted by molar-refractivity contribution is 8.00. The van der Waals surface area contributed by atoms with Crippen LogP contribution in [0.3, 0.4) is 0 Å². The van der Waals surface area contributed by atoms with Crippen molar-refractivity contribution < 1.29 is 9.53 Å². The van der Waals surface area contributed by atoms with E-state index in [9.17, 15) is 4.79 Å². The second-order valence-corrected chi connectivity index (χ2v) is 7.22. The largest absolute Gasteiger partial charge is 0.497 e. The summed E-state index contributed by atoms with van der Waals surface area (Å²) in [6, 6.07) is 12.4. The zero-order valence-corrected chi connectivity index (χ0v) is 15.3. The maximum atomic E-state index is 12.7. The number of anilines is 1. The van der Waals surface area contributed by atoms with E-state index in [0.717, 1.165) is 30.8 Å². The zero-order valence-electron chi connectivity index (χ0n) is 14.5. The summed E-state index contributed by atoms with van der Waals surface area (Å²) in [6.45, 7) is 4.99. The van der Waals surface area contributed by atoms with E-state index in [1.165, 1.54) is 21.6 Å². The molecule has 0 atom stereocenters. The van der Waals surface area contributed by atoms with Gasteiger partial charge in [-0.2, -0.15) is 0 Å². The maximum Gasteiger partial charge on any atom is 0.237 e. The highest BCUT2D eigenvalue weighted by atomic mass is 32.2. The second-order valence-electron chi connectivity index (χ2n) is 6.20. The van der Waals surface area contributed by atoms with Gasteiger partial charge in [0.15, 0.2) is 0 Å². The van der Waals surface area contributed by atoms with Crippen LogP contribution in [0.15, 0.2) is 41.3 Å². The Hall–Kier alpha value is -1.94. The van der Waals surface area contributed by atoms with E-state index in [-0.39, 0.29) is 5.91 Å². The first-order valence-corrected chi connectivity index (χ1v) is 9.24. The number of methoxy groups -OCH3 is 1. The first kappa shape index (κ1) is 16.9. The third-order valence-corrected chi connectivity index (χ3v) is 5.55. The Balaban J connectivity index is 1.72. The van der Waals surface area contributed by atoms with Crippen molar-refractivity contribution in [2.75, 3.05) is 24.3 Å². The van der Waals surface area contributed by atoms with Gasteiger partial charge in [0, 0.05) is 17.1 Å². The van der Waals surface area contributed by atoms with Gasteiger partial charge in [-0.3, -0.25) is 4.79 Å².